The molecule has 0 fully saturated rings. The number of fused-ring (bicyclic) bond motifs is 1. The van der Waals surface area contributed by atoms with Crippen molar-refractivity contribution in [3.8, 4) is 11.5 Å². The molecular formula is C28H22Cl2N2O4. The number of amides is 1. The molecular weight excluding hydrogens is 499 g/mol. The van der Waals surface area contributed by atoms with Crippen LogP contribution < -0.4 is 14.9 Å². The van der Waals surface area contributed by atoms with Gasteiger partial charge >= 0.3 is 5.97 Å². The van der Waals surface area contributed by atoms with E-state index in [1.165, 1.54) is 23.9 Å². The van der Waals surface area contributed by atoms with Crippen LogP contribution in [0.4, 0.5) is 0 Å². The van der Waals surface area contributed by atoms with E-state index in [-0.39, 0.29) is 22.9 Å². The molecule has 0 heterocycles. The maximum absolute atomic E-state index is 12.8. The van der Waals surface area contributed by atoms with Crippen molar-refractivity contribution < 1.29 is 19.1 Å². The van der Waals surface area contributed by atoms with Crippen LogP contribution >= 0.6 is 23.2 Å². The highest BCUT2D eigenvalue weighted by atomic mass is 35.5. The summed E-state index contributed by atoms with van der Waals surface area (Å²) < 4.78 is 11.2. The first-order chi connectivity index (χ1) is 17.4. The molecule has 4 aromatic carbocycles. The van der Waals surface area contributed by atoms with Gasteiger partial charge in [0.2, 0.25) is 0 Å². The number of hydrogen-bond donors (Lipinski definition) is 1. The summed E-state index contributed by atoms with van der Waals surface area (Å²) in [6, 6.07) is 23.1. The number of nitrogens with zero attached hydrogens (tertiary/aromatic N) is 1. The monoisotopic (exact) mass is 520 g/mol. The van der Waals surface area contributed by atoms with Gasteiger partial charge in [0.1, 0.15) is 11.5 Å². The van der Waals surface area contributed by atoms with Gasteiger partial charge in [0.05, 0.1) is 16.8 Å². The van der Waals surface area contributed by atoms with Crippen molar-refractivity contribution >= 4 is 52.1 Å². The van der Waals surface area contributed by atoms with E-state index in [9.17, 15) is 9.59 Å². The average Bonchev–Trinajstić information content (AvgIpc) is 2.88. The van der Waals surface area contributed by atoms with Crippen LogP contribution in [0.5, 0.6) is 11.5 Å². The van der Waals surface area contributed by atoms with Gasteiger partial charge in [0, 0.05) is 10.6 Å². The van der Waals surface area contributed by atoms with E-state index >= 15 is 0 Å². The van der Waals surface area contributed by atoms with E-state index in [2.05, 4.69) is 17.5 Å². The summed E-state index contributed by atoms with van der Waals surface area (Å²) in [7, 11) is 0. The first kappa shape index (κ1) is 25.2. The lowest BCUT2D eigenvalue weighted by molar-refractivity contribution is -0.123. The number of carbonyl (C=O) groups excluding carboxylic acids is 2. The summed E-state index contributed by atoms with van der Waals surface area (Å²) in [4.78, 5) is 25.0. The second kappa shape index (κ2) is 11.7. The maximum atomic E-state index is 12.8. The number of nitrogens with one attached hydrogen (secondary N) is 1. The Morgan fingerprint density at radius 2 is 1.75 bits per heavy atom. The van der Waals surface area contributed by atoms with Gasteiger partial charge in [-0.05, 0) is 59.2 Å². The zero-order chi connectivity index (χ0) is 25.5. The zero-order valence-corrected chi connectivity index (χ0v) is 20.8. The third-order valence-electron chi connectivity index (χ3n) is 5.37. The van der Waals surface area contributed by atoms with Crippen molar-refractivity contribution in [2.75, 3.05) is 6.61 Å². The minimum Gasteiger partial charge on any atom is -0.484 e. The molecule has 1 amide bonds. The Kier molecular flexibility index (Phi) is 8.21. The number of esters is 1. The Balaban J connectivity index is 1.50. The number of rotatable bonds is 8. The van der Waals surface area contributed by atoms with Crippen molar-refractivity contribution in [3.63, 3.8) is 0 Å². The average molecular weight is 521 g/mol. The normalized spacial score (nSPS) is 11.0. The molecule has 0 bridgehead atoms. The molecule has 182 valence electrons. The van der Waals surface area contributed by atoms with Crippen molar-refractivity contribution in [2.45, 2.75) is 13.3 Å². The van der Waals surface area contributed by atoms with Crippen LogP contribution in [0.15, 0.2) is 84.0 Å². The second-order valence-corrected chi connectivity index (χ2v) is 8.64. The van der Waals surface area contributed by atoms with E-state index < -0.39 is 11.9 Å². The largest absolute Gasteiger partial charge is 0.484 e. The van der Waals surface area contributed by atoms with E-state index in [4.69, 9.17) is 32.7 Å². The van der Waals surface area contributed by atoms with Crippen LogP contribution in [0.3, 0.4) is 0 Å². The molecule has 0 spiro atoms. The minimum atomic E-state index is -0.645. The molecule has 6 nitrogen and oxygen atoms in total. The lowest BCUT2D eigenvalue weighted by Gasteiger charge is -2.11. The standard InChI is InChI=1S/C28H22Cl2N2O4/c1-2-18-7-11-21(12-8-18)35-17-27(33)32-31-16-24-22-6-4-3-5-19(22)9-14-26(24)36-28(34)23-13-10-20(29)15-25(23)30/h3-16H,2,17H2,1H3,(H,32,33)/b31-16+. The number of ether oxygens (including phenoxy) is 2. The molecule has 1 N–H and O–H groups in total. The molecule has 8 heteroatoms. The highest BCUT2D eigenvalue weighted by molar-refractivity contribution is 6.36. The number of hydrogen-bond acceptors (Lipinski definition) is 5. The molecule has 0 saturated heterocycles. The molecule has 0 saturated carbocycles. The fraction of sp³-hybridized carbons (Fsp3) is 0.107. The molecule has 0 aliphatic rings. The molecule has 4 rings (SSSR count). The van der Waals surface area contributed by atoms with Crippen LogP contribution in [0.25, 0.3) is 10.8 Å². The number of halogens is 2. The third-order valence-corrected chi connectivity index (χ3v) is 5.92. The first-order valence-electron chi connectivity index (χ1n) is 11.2. The quantitative estimate of drug-likeness (QED) is 0.125. The third kappa shape index (κ3) is 6.22. The minimum absolute atomic E-state index is 0.175. The van der Waals surface area contributed by atoms with E-state index in [0.717, 1.165) is 17.2 Å². The van der Waals surface area contributed by atoms with Crippen LogP contribution in [-0.4, -0.2) is 24.7 Å². The molecule has 4 aromatic rings. The fourth-order valence-corrected chi connectivity index (χ4v) is 3.96. The summed E-state index contributed by atoms with van der Waals surface area (Å²) in [5.74, 6) is -0.226. The van der Waals surface area contributed by atoms with Crippen molar-refractivity contribution in [1.29, 1.82) is 0 Å². The van der Waals surface area contributed by atoms with Crippen LogP contribution in [-0.2, 0) is 11.2 Å². The lowest BCUT2D eigenvalue weighted by Crippen LogP contribution is -2.24. The Morgan fingerprint density at radius 1 is 0.972 bits per heavy atom. The molecule has 0 radical (unpaired) electrons. The lowest BCUT2D eigenvalue weighted by atomic mass is 10.0. The number of carbonyl (C=O) groups is 2. The van der Waals surface area contributed by atoms with Gasteiger partial charge in [0.15, 0.2) is 6.61 Å². The summed E-state index contributed by atoms with van der Waals surface area (Å²) in [6.45, 7) is 1.87. The highest BCUT2D eigenvalue weighted by Crippen LogP contribution is 2.29. The van der Waals surface area contributed by atoms with E-state index in [1.54, 1.807) is 12.1 Å². The number of aryl methyl sites for hydroxylation is 1. The number of hydrazone groups is 1. The SMILES string of the molecule is CCc1ccc(OCC(=O)N/N=C/c2c(OC(=O)c3ccc(Cl)cc3Cl)ccc3ccccc23)cc1. The highest BCUT2D eigenvalue weighted by Gasteiger charge is 2.16. The smallest absolute Gasteiger partial charge is 0.345 e. The Hall–Kier alpha value is -3.87. The van der Waals surface area contributed by atoms with E-state index in [1.807, 2.05) is 54.6 Å². The fourth-order valence-electron chi connectivity index (χ4n) is 3.48. The summed E-state index contributed by atoms with van der Waals surface area (Å²) in [5.41, 5.74) is 4.32. The van der Waals surface area contributed by atoms with Crippen molar-refractivity contribution in [2.24, 2.45) is 5.10 Å². The zero-order valence-electron chi connectivity index (χ0n) is 19.3. The van der Waals surface area contributed by atoms with Gasteiger partial charge < -0.3 is 9.47 Å². The predicted octanol–water partition coefficient (Wildman–Crippen LogP) is 6.46. The molecule has 0 unspecified atom stereocenters. The van der Waals surface area contributed by atoms with Crippen molar-refractivity contribution in [1.82, 2.24) is 5.43 Å². The molecule has 36 heavy (non-hydrogen) atoms. The summed E-state index contributed by atoms with van der Waals surface area (Å²) in [5, 5.41) is 6.35. The summed E-state index contributed by atoms with van der Waals surface area (Å²) >= 11 is 12.1. The van der Waals surface area contributed by atoms with E-state index in [0.29, 0.717) is 16.3 Å². The first-order valence-corrected chi connectivity index (χ1v) is 11.9. The summed E-state index contributed by atoms with van der Waals surface area (Å²) in [6.07, 6.45) is 2.36. The Labute approximate surface area is 218 Å². The maximum Gasteiger partial charge on any atom is 0.345 e. The van der Waals surface area contributed by atoms with Gasteiger partial charge in [-0.15, -0.1) is 0 Å². The van der Waals surface area contributed by atoms with Gasteiger partial charge in [0.25, 0.3) is 5.91 Å². The molecule has 0 aliphatic heterocycles. The Morgan fingerprint density at radius 3 is 2.50 bits per heavy atom. The molecule has 0 aliphatic carbocycles. The van der Waals surface area contributed by atoms with Crippen LogP contribution in [0.2, 0.25) is 10.0 Å². The second-order valence-electron chi connectivity index (χ2n) is 7.79. The van der Waals surface area contributed by atoms with Crippen molar-refractivity contribution in [3.05, 3.63) is 106 Å². The van der Waals surface area contributed by atoms with Gasteiger partial charge in [-0.1, -0.05) is 72.6 Å². The van der Waals surface area contributed by atoms with Gasteiger partial charge in [-0.2, -0.15) is 5.10 Å². The number of benzene rings is 4. The molecule has 0 aromatic heterocycles. The van der Waals surface area contributed by atoms with Gasteiger partial charge in [-0.3, -0.25) is 4.79 Å². The topological polar surface area (TPSA) is 77.0 Å². The Bertz CT molecular complexity index is 1440. The van der Waals surface area contributed by atoms with Crippen LogP contribution in [0.1, 0.15) is 28.4 Å². The van der Waals surface area contributed by atoms with Crippen LogP contribution in [0, 0.1) is 0 Å². The van der Waals surface area contributed by atoms with Gasteiger partial charge in [-0.25, -0.2) is 10.2 Å². The predicted molar refractivity (Wildman–Crippen MR) is 142 cm³/mol. The molecule has 0 atom stereocenters.